The van der Waals surface area contributed by atoms with Crippen molar-refractivity contribution in [3.8, 4) is 11.5 Å². The van der Waals surface area contributed by atoms with Crippen LogP contribution in [0, 0.1) is 5.92 Å². The van der Waals surface area contributed by atoms with Crippen molar-refractivity contribution in [2.75, 3.05) is 32.9 Å². The van der Waals surface area contributed by atoms with Crippen LogP contribution in [0.3, 0.4) is 0 Å². The van der Waals surface area contributed by atoms with E-state index in [1.54, 1.807) is 4.90 Å². The monoisotopic (exact) mass is 349 g/mol. The molecule has 0 aromatic heterocycles. The zero-order valence-electron chi connectivity index (χ0n) is 14.3. The highest BCUT2D eigenvalue weighted by Crippen LogP contribution is 2.31. The molecule has 1 fully saturated rings. The van der Waals surface area contributed by atoms with Crippen molar-refractivity contribution in [2.45, 2.75) is 25.9 Å². The maximum absolute atomic E-state index is 12.8. The predicted octanol–water partition coefficient (Wildman–Crippen LogP) is 1.34. The molecule has 7 heteroatoms. The molecule has 25 heavy (non-hydrogen) atoms. The van der Waals surface area contributed by atoms with Gasteiger partial charge in [0.05, 0.1) is 31.7 Å². The standard InChI is InChI=1S/C18H23NO6/c1-2-23-14-3-4-16-12(8-14)7-13(11-25-16)18(22)19-5-6-24-15(10-19)9-17(20)21/h3-4,8,13,15H,2,5-7,9-11H2,1H3,(H,20,21)/t13-,15+/m0/s1. The molecule has 0 bridgehead atoms. The Bertz CT molecular complexity index is 646. The first kappa shape index (κ1) is 17.5. The van der Waals surface area contributed by atoms with Gasteiger partial charge in [0, 0.05) is 13.1 Å². The molecule has 136 valence electrons. The van der Waals surface area contributed by atoms with Crippen molar-refractivity contribution < 1.29 is 28.9 Å². The minimum atomic E-state index is -0.919. The third-order valence-electron chi connectivity index (χ3n) is 4.45. The molecule has 0 saturated carbocycles. The molecule has 2 heterocycles. The van der Waals surface area contributed by atoms with E-state index in [1.165, 1.54) is 0 Å². The molecule has 2 aliphatic heterocycles. The van der Waals surface area contributed by atoms with Gasteiger partial charge in [-0.2, -0.15) is 0 Å². The Kier molecular flexibility index (Phi) is 5.43. The predicted molar refractivity (Wildman–Crippen MR) is 88.9 cm³/mol. The van der Waals surface area contributed by atoms with Crippen LogP contribution in [0.2, 0.25) is 0 Å². The molecule has 1 amide bonds. The van der Waals surface area contributed by atoms with Gasteiger partial charge >= 0.3 is 5.97 Å². The van der Waals surface area contributed by atoms with E-state index in [0.717, 1.165) is 17.1 Å². The average Bonchev–Trinajstić information content (AvgIpc) is 2.60. The Morgan fingerprint density at radius 3 is 3.00 bits per heavy atom. The van der Waals surface area contributed by atoms with E-state index in [1.807, 2.05) is 25.1 Å². The van der Waals surface area contributed by atoms with Crippen LogP contribution in [-0.4, -0.2) is 60.9 Å². The third-order valence-corrected chi connectivity index (χ3v) is 4.45. The summed E-state index contributed by atoms with van der Waals surface area (Å²) in [7, 11) is 0. The van der Waals surface area contributed by atoms with Crippen molar-refractivity contribution in [1.29, 1.82) is 0 Å². The first-order valence-electron chi connectivity index (χ1n) is 8.57. The lowest BCUT2D eigenvalue weighted by molar-refractivity contribution is -0.150. The summed E-state index contributed by atoms with van der Waals surface area (Å²) >= 11 is 0. The van der Waals surface area contributed by atoms with Gasteiger partial charge in [0.1, 0.15) is 18.1 Å². The van der Waals surface area contributed by atoms with E-state index in [2.05, 4.69) is 0 Å². The van der Waals surface area contributed by atoms with Gasteiger partial charge in [-0.1, -0.05) is 0 Å². The van der Waals surface area contributed by atoms with Gasteiger partial charge in [0.2, 0.25) is 5.91 Å². The van der Waals surface area contributed by atoms with Crippen LogP contribution >= 0.6 is 0 Å². The van der Waals surface area contributed by atoms with Gasteiger partial charge in [-0.05, 0) is 37.1 Å². The number of carboxylic acids is 1. The smallest absolute Gasteiger partial charge is 0.306 e. The maximum Gasteiger partial charge on any atom is 0.306 e. The number of rotatable bonds is 5. The van der Waals surface area contributed by atoms with E-state index in [9.17, 15) is 9.59 Å². The second kappa shape index (κ2) is 7.74. The number of benzene rings is 1. The van der Waals surface area contributed by atoms with E-state index in [0.29, 0.717) is 39.3 Å². The summed E-state index contributed by atoms with van der Waals surface area (Å²) in [6.07, 6.45) is 0.0539. The number of carbonyl (C=O) groups excluding carboxylic acids is 1. The lowest BCUT2D eigenvalue weighted by Crippen LogP contribution is -2.50. The van der Waals surface area contributed by atoms with Gasteiger partial charge in [-0.3, -0.25) is 9.59 Å². The Labute approximate surface area is 146 Å². The van der Waals surface area contributed by atoms with Crippen LogP contribution in [0.25, 0.3) is 0 Å². The molecule has 2 atom stereocenters. The molecule has 7 nitrogen and oxygen atoms in total. The van der Waals surface area contributed by atoms with Crippen LogP contribution in [0.1, 0.15) is 18.9 Å². The summed E-state index contributed by atoms with van der Waals surface area (Å²) in [6, 6.07) is 5.66. The minimum Gasteiger partial charge on any atom is -0.494 e. The van der Waals surface area contributed by atoms with Crippen LogP contribution in [0.5, 0.6) is 11.5 Å². The molecule has 0 radical (unpaired) electrons. The number of aliphatic carboxylic acids is 1. The van der Waals surface area contributed by atoms with Crippen LogP contribution < -0.4 is 9.47 Å². The number of amides is 1. The highest BCUT2D eigenvalue weighted by molar-refractivity contribution is 5.80. The summed E-state index contributed by atoms with van der Waals surface area (Å²) in [5.74, 6) is 0.362. The van der Waals surface area contributed by atoms with Crippen molar-refractivity contribution in [3.05, 3.63) is 23.8 Å². The molecule has 1 aromatic carbocycles. The quantitative estimate of drug-likeness (QED) is 0.863. The zero-order chi connectivity index (χ0) is 17.8. The summed E-state index contributed by atoms with van der Waals surface area (Å²) in [5, 5.41) is 8.90. The fourth-order valence-corrected chi connectivity index (χ4v) is 3.28. The fourth-order valence-electron chi connectivity index (χ4n) is 3.28. The number of carboxylic acid groups (broad SMARTS) is 1. The van der Waals surface area contributed by atoms with Crippen LogP contribution in [0.4, 0.5) is 0 Å². The molecule has 1 saturated heterocycles. The van der Waals surface area contributed by atoms with Gasteiger partial charge < -0.3 is 24.2 Å². The topological polar surface area (TPSA) is 85.3 Å². The van der Waals surface area contributed by atoms with E-state index in [4.69, 9.17) is 19.3 Å². The van der Waals surface area contributed by atoms with E-state index >= 15 is 0 Å². The molecule has 2 aliphatic rings. The molecule has 0 spiro atoms. The summed E-state index contributed by atoms with van der Waals surface area (Å²) in [4.78, 5) is 25.4. The van der Waals surface area contributed by atoms with Crippen LogP contribution in [0.15, 0.2) is 18.2 Å². The number of fused-ring (bicyclic) bond motifs is 1. The Morgan fingerprint density at radius 2 is 2.24 bits per heavy atom. The van der Waals surface area contributed by atoms with Crippen molar-refractivity contribution in [3.63, 3.8) is 0 Å². The highest BCUT2D eigenvalue weighted by Gasteiger charge is 2.33. The Balaban J connectivity index is 1.65. The maximum atomic E-state index is 12.8. The molecular weight excluding hydrogens is 326 g/mol. The zero-order valence-corrected chi connectivity index (χ0v) is 14.3. The second-order valence-corrected chi connectivity index (χ2v) is 6.29. The number of morpholine rings is 1. The largest absolute Gasteiger partial charge is 0.494 e. The number of ether oxygens (including phenoxy) is 3. The van der Waals surface area contributed by atoms with E-state index in [-0.39, 0.29) is 18.2 Å². The lowest BCUT2D eigenvalue weighted by atomic mass is 9.95. The van der Waals surface area contributed by atoms with Gasteiger partial charge in [-0.15, -0.1) is 0 Å². The molecular formula is C18H23NO6. The van der Waals surface area contributed by atoms with Crippen molar-refractivity contribution >= 4 is 11.9 Å². The number of carbonyl (C=O) groups is 2. The molecule has 0 unspecified atom stereocenters. The van der Waals surface area contributed by atoms with Crippen molar-refractivity contribution in [1.82, 2.24) is 4.90 Å². The lowest BCUT2D eigenvalue weighted by Gasteiger charge is -2.35. The summed E-state index contributed by atoms with van der Waals surface area (Å²) in [6.45, 7) is 4.00. The van der Waals surface area contributed by atoms with Crippen molar-refractivity contribution in [2.24, 2.45) is 5.92 Å². The normalized spacial score (nSPS) is 22.7. The average molecular weight is 349 g/mol. The second-order valence-electron chi connectivity index (χ2n) is 6.29. The number of nitrogens with zero attached hydrogens (tertiary/aromatic N) is 1. The highest BCUT2D eigenvalue weighted by atomic mass is 16.5. The first-order valence-corrected chi connectivity index (χ1v) is 8.57. The first-order chi connectivity index (χ1) is 12.1. The molecule has 0 aliphatic carbocycles. The number of hydrogen-bond donors (Lipinski definition) is 1. The Hall–Kier alpha value is -2.28. The van der Waals surface area contributed by atoms with E-state index < -0.39 is 12.1 Å². The van der Waals surface area contributed by atoms with Gasteiger partial charge in [0.15, 0.2) is 0 Å². The molecule has 1 N–H and O–H groups in total. The summed E-state index contributed by atoms with van der Waals surface area (Å²) in [5.41, 5.74) is 0.964. The van der Waals surface area contributed by atoms with Crippen LogP contribution in [-0.2, 0) is 20.7 Å². The molecule has 3 rings (SSSR count). The Morgan fingerprint density at radius 1 is 1.40 bits per heavy atom. The molecule has 1 aromatic rings. The van der Waals surface area contributed by atoms with Gasteiger partial charge in [-0.25, -0.2) is 0 Å². The fraction of sp³-hybridized carbons (Fsp3) is 0.556. The summed E-state index contributed by atoms with van der Waals surface area (Å²) < 4.78 is 16.7. The number of hydrogen-bond acceptors (Lipinski definition) is 5. The third kappa shape index (κ3) is 4.22. The van der Waals surface area contributed by atoms with Gasteiger partial charge in [0.25, 0.3) is 0 Å². The minimum absolute atomic E-state index is 0.00819. The SMILES string of the molecule is CCOc1ccc2c(c1)C[C@H](C(=O)N1CCO[C@H](CC(=O)O)C1)CO2.